The third-order valence-electron chi connectivity index (χ3n) is 2.30. The zero-order valence-corrected chi connectivity index (χ0v) is 11.2. The van der Waals surface area contributed by atoms with E-state index in [0.29, 0.717) is 5.69 Å². The molecule has 0 bridgehead atoms. The Morgan fingerprint density at radius 2 is 2.28 bits per heavy atom. The Labute approximate surface area is 116 Å². The predicted molar refractivity (Wildman–Crippen MR) is 72.3 cm³/mol. The average molecular weight is 360 g/mol. The van der Waals surface area contributed by atoms with Crippen LogP contribution in [0.5, 0.6) is 0 Å². The van der Waals surface area contributed by atoms with E-state index in [1.54, 1.807) is 12.1 Å². The van der Waals surface area contributed by atoms with Gasteiger partial charge in [0.2, 0.25) is 6.10 Å². The summed E-state index contributed by atoms with van der Waals surface area (Å²) in [6.07, 6.45) is -0.903. The smallest absolute Gasteiger partial charge is 0.353 e. The van der Waals surface area contributed by atoms with Crippen molar-refractivity contribution in [3.05, 3.63) is 27.8 Å². The first kappa shape index (κ1) is 12.8. The highest BCUT2D eigenvalue weighted by molar-refractivity contribution is 14.1. The lowest BCUT2D eigenvalue weighted by Gasteiger charge is -2.09. The first-order valence-electron chi connectivity index (χ1n) is 5.08. The number of benzene rings is 1. The third-order valence-corrected chi connectivity index (χ3v) is 2.97. The van der Waals surface area contributed by atoms with E-state index in [0.717, 1.165) is 3.57 Å². The number of nitrogens with zero attached hydrogens (tertiary/aromatic N) is 1. The van der Waals surface area contributed by atoms with Crippen LogP contribution in [0.15, 0.2) is 29.4 Å². The highest BCUT2D eigenvalue weighted by Gasteiger charge is 2.31. The van der Waals surface area contributed by atoms with E-state index in [9.17, 15) is 9.59 Å². The molecule has 0 radical (unpaired) electrons. The third kappa shape index (κ3) is 2.97. The number of amides is 1. The molecule has 1 aromatic rings. The van der Waals surface area contributed by atoms with Gasteiger partial charge >= 0.3 is 5.97 Å². The second kappa shape index (κ2) is 5.34. The Bertz CT molecular complexity index is 530. The molecule has 1 aliphatic heterocycles. The zero-order valence-electron chi connectivity index (χ0n) is 9.09. The molecule has 0 saturated heterocycles. The molecule has 1 aliphatic rings. The number of halogens is 1. The van der Waals surface area contributed by atoms with E-state index in [1.165, 1.54) is 0 Å². The van der Waals surface area contributed by atoms with Gasteiger partial charge in [-0.15, -0.1) is 0 Å². The van der Waals surface area contributed by atoms with Gasteiger partial charge in [0, 0.05) is 15.7 Å². The molecular formula is C11H9IN2O4. The number of hydrogen-bond donors (Lipinski definition) is 2. The monoisotopic (exact) mass is 360 g/mol. The summed E-state index contributed by atoms with van der Waals surface area (Å²) in [4.78, 5) is 27.2. The van der Waals surface area contributed by atoms with E-state index in [2.05, 4.69) is 33.1 Å². The van der Waals surface area contributed by atoms with Crippen LogP contribution in [0.4, 0.5) is 5.69 Å². The van der Waals surface area contributed by atoms with Crippen LogP contribution >= 0.6 is 22.6 Å². The minimum Gasteiger partial charge on any atom is -0.477 e. The first-order valence-corrected chi connectivity index (χ1v) is 6.16. The predicted octanol–water partition coefficient (Wildman–Crippen LogP) is 1.46. The van der Waals surface area contributed by atoms with Crippen LogP contribution in [0.3, 0.4) is 0 Å². The first-order chi connectivity index (χ1) is 8.56. The molecule has 6 nitrogen and oxygen atoms in total. The maximum Gasteiger partial charge on any atom is 0.353 e. The van der Waals surface area contributed by atoms with Gasteiger partial charge in [-0.2, -0.15) is 0 Å². The fraction of sp³-hybridized carbons (Fsp3) is 0.182. The van der Waals surface area contributed by atoms with Gasteiger partial charge in [-0.1, -0.05) is 11.2 Å². The number of aliphatic carboxylic acids is 1. The number of carbonyl (C=O) groups is 2. The number of carboxylic acids is 1. The standard InChI is InChI=1S/C11H9IN2O4/c12-6-2-1-3-7(4-6)13-10(15)9-5-8(11(16)17)14-18-9/h1-4,9H,5H2,(H,13,15)(H,16,17). The Morgan fingerprint density at radius 1 is 1.50 bits per heavy atom. The van der Waals surface area contributed by atoms with Crippen molar-refractivity contribution in [3.8, 4) is 0 Å². The Balaban J connectivity index is 1.96. The van der Waals surface area contributed by atoms with Crippen LogP contribution in [0.25, 0.3) is 0 Å². The van der Waals surface area contributed by atoms with Crippen LogP contribution in [-0.4, -0.2) is 28.8 Å². The fourth-order valence-corrected chi connectivity index (χ4v) is 1.98. The van der Waals surface area contributed by atoms with Gasteiger partial charge in [-0.3, -0.25) is 4.79 Å². The summed E-state index contributed by atoms with van der Waals surface area (Å²) in [5.74, 6) is -1.57. The SMILES string of the molecule is O=C(O)C1=NOC(C(=O)Nc2cccc(I)c2)C1. The number of carbonyl (C=O) groups excluding carboxylic acids is 1. The van der Waals surface area contributed by atoms with Gasteiger partial charge in [-0.05, 0) is 40.8 Å². The topological polar surface area (TPSA) is 88.0 Å². The number of hydrogen-bond acceptors (Lipinski definition) is 4. The molecule has 0 saturated carbocycles. The summed E-state index contributed by atoms with van der Waals surface area (Å²) in [6, 6.07) is 7.25. The molecule has 7 heteroatoms. The summed E-state index contributed by atoms with van der Waals surface area (Å²) < 4.78 is 0.986. The maximum absolute atomic E-state index is 11.8. The molecule has 0 aromatic heterocycles. The Morgan fingerprint density at radius 3 is 2.89 bits per heavy atom. The maximum atomic E-state index is 11.8. The van der Waals surface area contributed by atoms with E-state index < -0.39 is 18.0 Å². The normalized spacial score (nSPS) is 17.8. The van der Waals surface area contributed by atoms with Crippen molar-refractivity contribution in [1.29, 1.82) is 0 Å². The number of rotatable bonds is 3. The van der Waals surface area contributed by atoms with Crippen LogP contribution in [0.2, 0.25) is 0 Å². The van der Waals surface area contributed by atoms with Crippen molar-refractivity contribution in [2.24, 2.45) is 5.16 Å². The molecule has 2 N–H and O–H groups in total. The van der Waals surface area contributed by atoms with Gasteiger partial charge in [0.1, 0.15) is 0 Å². The molecule has 0 aliphatic carbocycles. The number of oxime groups is 1. The molecule has 0 fully saturated rings. The van der Waals surface area contributed by atoms with Crippen LogP contribution < -0.4 is 5.32 Å². The minimum absolute atomic E-state index is 0.0227. The lowest BCUT2D eigenvalue weighted by Crippen LogP contribution is -2.28. The quantitative estimate of drug-likeness (QED) is 0.799. The molecule has 1 heterocycles. The fourth-order valence-electron chi connectivity index (χ4n) is 1.43. The van der Waals surface area contributed by atoms with Crippen LogP contribution in [0, 0.1) is 3.57 Å². The largest absolute Gasteiger partial charge is 0.477 e. The van der Waals surface area contributed by atoms with Gasteiger partial charge in [0.05, 0.1) is 0 Å². The van der Waals surface area contributed by atoms with E-state index in [4.69, 9.17) is 9.94 Å². The highest BCUT2D eigenvalue weighted by Crippen LogP contribution is 2.16. The summed E-state index contributed by atoms with van der Waals surface area (Å²) in [5.41, 5.74) is 0.497. The van der Waals surface area contributed by atoms with Crippen molar-refractivity contribution in [1.82, 2.24) is 0 Å². The van der Waals surface area contributed by atoms with Crippen molar-refractivity contribution in [3.63, 3.8) is 0 Å². The molecule has 1 atom stereocenters. The molecule has 18 heavy (non-hydrogen) atoms. The van der Waals surface area contributed by atoms with Gasteiger partial charge in [-0.25, -0.2) is 4.79 Å². The summed E-state index contributed by atoms with van der Waals surface area (Å²) in [5, 5.41) is 14.7. The summed E-state index contributed by atoms with van der Waals surface area (Å²) in [7, 11) is 0. The van der Waals surface area contributed by atoms with E-state index >= 15 is 0 Å². The molecular weight excluding hydrogens is 351 g/mol. The lowest BCUT2D eigenvalue weighted by molar-refractivity contribution is -0.129. The van der Waals surface area contributed by atoms with Crippen molar-refractivity contribution < 1.29 is 19.5 Å². The highest BCUT2D eigenvalue weighted by atomic mass is 127. The van der Waals surface area contributed by atoms with E-state index in [1.807, 2.05) is 12.1 Å². The van der Waals surface area contributed by atoms with Crippen molar-refractivity contribution >= 4 is 45.9 Å². The second-order valence-corrected chi connectivity index (χ2v) is 4.89. The number of anilines is 1. The summed E-state index contributed by atoms with van der Waals surface area (Å²) >= 11 is 2.13. The Hall–Kier alpha value is -1.64. The van der Waals surface area contributed by atoms with Crippen molar-refractivity contribution in [2.45, 2.75) is 12.5 Å². The molecule has 1 unspecified atom stereocenters. The molecule has 94 valence electrons. The molecule has 0 spiro atoms. The van der Waals surface area contributed by atoms with Crippen LogP contribution in [-0.2, 0) is 14.4 Å². The lowest BCUT2D eigenvalue weighted by atomic mass is 10.1. The number of carboxylic acid groups (broad SMARTS) is 1. The molecule has 1 aromatic carbocycles. The van der Waals surface area contributed by atoms with Gasteiger partial charge in [0.25, 0.3) is 5.91 Å². The Kier molecular flexibility index (Phi) is 3.80. The second-order valence-electron chi connectivity index (χ2n) is 3.64. The molecule has 2 rings (SSSR count). The zero-order chi connectivity index (χ0) is 13.1. The van der Waals surface area contributed by atoms with Gasteiger partial charge in [0.15, 0.2) is 5.71 Å². The van der Waals surface area contributed by atoms with Crippen molar-refractivity contribution in [2.75, 3.05) is 5.32 Å². The number of nitrogens with one attached hydrogen (secondary N) is 1. The molecule has 1 amide bonds. The average Bonchev–Trinajstić information content (AvgIpc) is 2.78. The minimum atomic E-state index is -1.17. The van der Waals surface area contributed by atoms with Crippen LogP contribution in [0.1, 0.15) is 6.42 Å². The summed E-state index contributed by atoms with van der Waals surface area (Å²) in [6.45, 7) is 0. The van der Waals surface area contributed by atoms with E-state index in [-0.39, 0.29) is 12.1 Å². The van der Waals surface area contributed by atoms with Gasteiger partial charge < -0.3 is 15.3 Å².